The first-order valence-corrected chi connectivity index (χ1v) is 14.5. The Labute approximate surface area is 257 Å². The molecule has 4 aromatic carbocycles. The molecule has 1 aliphatic heterocycles. The first-order chi connectivity index (χ1) is 21.5. The van der Waals surface area contributed by atoms with E-state index in [0.29, 0.717) is 29.4 Å². The van der Waals surface area contributed by atoms with Crippen molar-refractivity contribution in [2.24, 2.45) is 5.92 Å². The maximum Gasteiger partial charge on any atom is 0.411 e. The van der Waals surface area contributed by atoms with Crippen molar-refractivity contribution in [3.8, 4) is 11.5 Å². The van der Waals surface area contributed by atoms with E-state index in [0.717, 1.165) is 29.7 Å². The van der Waals surface area contributed by atoms with Crippen molar-refractivity contribution in [3.05, 3.63) is 120 Å². The van der Waals surface area contributed by atoms with E-state index in [-0.39, 0.29) is 19.3 Å². The van der Waals surface area contributed by atoms with Crippen LogP contribution in [0.25, 0.3) is 0 Å². The summed E-state index contributed by atoms with van der Waals surface area (Å²) in [5, 5.41) is 5.54. The van der Waals surface area contributed by atoms with Crippen LogP contribution in [0.5, 0.6) is 11.5 Å². The van der Waals surface area contributed by atoms with Crippen LogP contribution in [0.1, 0.15) is 22.7 Å². The molecule has 0 fully saturated rings. The van der Waals surface area contributed by atoms with Gasteiger partial charge >= 0.3 is 12.2 Å². The summed E-state index contributed by atoms with van der Waals surface area (Å²) in [5.74, 6) is 0.830. The number of carbonyl (C=O) groups is 2. The molecule has 1 unspecified atom stereocenters. The van der Waals surface area contributed by atoms with Gasteiger partial charge in [-0.25, -0.2) is 9.59 Å². The van der Waals surface area contributed by atoms with Gasteiger partial charge < -0.3 is 18.9 Å². The second-order valence-electron chi connectivity index (χ2n) is 10.5. The summed E-state index contributed by atoms with van der Waals surface area (Å²) in [7, 11) is 3.23. The lowest BCUT2D eigenvalue weighted by atomic mass is 9.84. The van der Waals surface area contributed by atoms with Gasteiger partial charge in [0, 0.05) is 36.4 Å². The Hall–Kier alpha value is -5.02. The van der Waals surface area contributed by atoms with E-state index in [4.69, 9.17) is 18.9 Å². The van der Waals surface area contributed by atoms with Gasteiger partial charge in [-0.05, 0) is 59.5 Å². The quantitative estimate of drug-likeness (QED) is 0.194. The van der Waals surface area contributed by atoms with Crippen LogP contribution in [0.3, 0.4) is 0 Å². The third-order valence-electron chi connectivity index (χ3n) is 7.60. The maximum atomic E-state index is 12.9. The summed E-state index contributed by atoms with van der Waals surface area (Å²) in [4.78, 5) is 28.1. The number of anilines is 2. The molecule has 0 aromatic heterocycles. The average Bonchev–Trinajstić information content (AvgIpc) is 3.06. The minimum absolute atomic E-state index is 0.00102. The minimum Gasteiger partial charge on any atom is -0.493 e. The fourth-order valence-electron chi connectivity index (χ4n) is 5.52. The molecule has 0 spiro atoms. The molecule has 0 bridgehead atoms. The van der Waals surface area contributed by atoms with Gasteiger partial charge in [0.15, 0.2) is 11.5 Å². The summed E-state index contributed by atoms with van der Waals surface area (Å²) in [6.07, 6.45) is -0.392. The predicted molar refractivity (Wildman–Crippen MR) is 169 cm³/mol. The summed E-state index contributed by atoms with van der Waals surface area (Å²) in [5.41, 5.74) is 4.50. The van der Waals surface area contributed by atoms with E-state index in [2.05, 4.69) is 27.7 Å². The highest BCUT2D eigenvalue weighted by Crippen LogP contribution is 2.42. The molecule has 0 aliphatic carbocycles. The zero-order chi connectivity index (χ0) is 30.7. The molecule has 4 aromatic rings. The summed E-state index contributed by atoms with van der Waals surface area (Å²) >= 11 is 0. The number of nitrogens with one attached hydrogen (secondary N) is 2. The van der Waals surface area contributed by atoms with Crippen LogP contribution in [-0.2, 0) is 22.4 Å². The van der Waals surface area contributed by atoms with Gasteiger partial charge in [-0.15, -0.1) is 0 Å². The number of nitrogens with zero attached hydrogens (tertiary/aromatic N) is 1. The molecule has 0 radical (unpaired) electrons. The van der Waals surface area contributed by atoms with Crippen molar-refractivity contribution in [2.45, 2.75) is 19.0 Å². The van der Waals surface area contributed by atoms with Gasteiger partial charge in [-0.3, -0.25) is 15.5 Å². The molecular weight excluding hydrogens is 558 g/mol. The molecule has 2 amide bonds. The van der Waals surface area contributed by atoms with Crippen molar-refractivity contribution in [3.63, 3.8) is 0 Å². The standard InChI is InChI=1S/C35H37N3O6/c1-41-31-20-26-18-19-38(22-25-12-6-3-7-13-25)33(30(26)21-32(31)42-2)27(23-43-34(39)36-28-14-8-4-9-15-28)24-44-35(40)37-29-16-10-5-11-17-29/h3-17,20-21,27,33H,18-19,22-24H2,1-2H3,(H,36,39)(H,37,40). The van der Waals surface area contributed by atoms with E-state index in [9.17, 15) is 9.59 Å². The average molecular weight is 596 g/mol. The van der Waals surface area contributed by atoms with Crippen molar-refractivity contribution in [1.29, 1.82) is 0 Å². The molecule has 9 heteroatoms. The van der Waals surface area contributed by atoms with E-state index in [1.54, 1.807) is 38.5 Å². The normalized spacial score (nSPS) is 14.3. The molecule has 9 nitrogen and oxygen atoms in total. The first-order valence-electron chi connectivity index (χ1n) is 14.5. The number of hydrogen-bond acceptors (Lipinski definition) is 7. The number of methoxy groups -OCH3 is 2. The van der Waals surface area contributed by atoms with Gasteiger partial charge in [0.05, 0.1) is 14.2 Å². The molecule has 2 N–H and O–H groups in total. The van der Waals surface area contributed by atoms with Crippen LogP contribution in [0.15, 0.2) is 103 Å². The highest BCUT2D eigenvalue weighted by atomic mass is 16.6. The summed E-state index contributed by atoms with van der Waals surface area (Å²) in [6.45, 7) is 1.40. The van der Waals surface area contributed by atoms with Crippen LogP contribution in [0.2, 0.25) is 0 Å². The van der Waals surface area contributed by atoms with Crippen LogP contribution in [-0.4, -0.2) is 51.1 Å². The lowest BCUT2D eigenvalue weighted by molar-refractivity contribution is 0.0332. The molecule has 5 rings (SSSR count). The van der Waals surface area contributed by atoms with Crippen LogP contribution in [0, 0.1) is 5.92 Å². The monoisotopic (exact) mass is 595 g/mol. The van der Waals surface area contributed by atoms with Gasteiger partial charge in [-0.2, -0.15) is 0 Å². The Morgan fingerprint density at radius 1 is 0.750 bits per heavy atom. The lowest BCUT2D eigenvalue weighted by Gasteiger charge is -2.41. The molecule has 44 heavy (non-hydrogen) atoms. The highest BCUT2D eigenvalue weighted by molar-refractivity contribution is 5.85. The second-order valence-corrected chi connectivity index (χ2v) is 10.5. The molecular formula is C35H37N3O6. The number of hydrogen-bond donors (Lipinski definition) is 2. The first kappa shape index (κ1) is 30.4. The zero-order valence-corrected chi connectivity index (χ0v) is 24.9. The van der Waals surface area contributed by atoms with Gasteiger partial charge in [0.2, 0.25) is 0 Å². The van der Waals surface area contributed by atoms with Crippen LogP contribution >= 0.6 is 0 Å². The fourth-order valence-corrected chi connectivity index (χ4v) is 5.52. The molecule has 1 aliphatic rings. The number of fused-ring (bicyclic) bond motifs is 1. The van der Waals surface area contributed by atoms with Crippen LogP contribution in [0.4, 0.5) is 21.0 Å². The number of para-hydroxylation sites is 2. The van der Waals surface area contributed by atoms with Crippen molar-refractivity contribution < 1.29 is 28.5 Å². The fraction of sp³-hybridized carbons (Fsp3) is 0.257. The third kappa shape index (κ3) is 7.87. The SMILES string of the molecule is COc1cc2c(cc1OC)C(C(COC(=O)Nc1ccccc1)COC(=O)Nc1ccccc1)N(Cc1ccccc1)CC2. The Morgan fingerprint density at radius 3 is 1.77 bits per heavy atom. The molecule has 1 heterocycles. The van der Waals surface area contributed by atoms with Gasteiger partial charge in [0.1, 0.15) is 13.2 Å². The Kier molecular flexibility index (Phi) is 10.3. The minimum atomic E-state index is -0.590. The van der Waals surface area contributed by atoms with E-state index < -0.39 is 18.1 Å². The maximum absolute atomic E-state index is 12.9. The highest BCUT2D eigenvalue weighted by Gasteiger charge is 2.36. The number of carbonyl (C=O) groups excluding carboxylic acids is 2. The van der Waals surface area contributed by atoms with Crippen molar-refractivity contribution in [1.82, 2.24) is 4.90 Å². The topological polar surface area (TPSA) is 98.4 Å². The molecule has 0 saturated heterocycles. The Morgan fingerprint density at radius 2 is 1.25 bits per heavy atom. The van der Waals surface area contributed by atoms with E-state index in [1.165, 1.54) is 0 Å². The summed E-state index contributed by atoms with van der Waals surface area (Å²) in [6, 6.07) is 32.1. The Bertz CT molecular complexity index is 1460. The molecule has 0 saturated carbocycles. The predicted octanol–water partition coefficient (Wildman–Crippen LogP) is 6.92. The molecule has 1 atom stereocenters. The van der Waals surface area contributed by atoms with Gasteiger partial charge in [-0.1, -0.05) is 66.7 Å². The van der Waals surface area contributed by atoms with E-state index >= 15 is 0 Å². The zero-order valence-electron chi connectivity index (χ0n) is 24.9. The largest absolute Gasteiger partial charge is 0.493 e. The van der Waals surface area contributed by atoms with Crippen molar-refractivity contribution in [2.75, 3.05) is 44.6 Å². The summed E-state index contributed by atoms with van der Waals surface area (Å²) < 4.78 is 22.8. The van der Waals surface area contributed by atoms with Gasteiger partial charge in [0.25, 0.3) is 0 Å². The number of ether oxygens (including phenoxy) is 4. The smallest absolute Gasteiger partial charge is 0.411 e. The molecule has 228 valence electrons. The second kappa shape index (κ2) is 14.9. The Balaban J connectivity index is 1.44. The third-order valence-corrected chi connectivity index (χ3v) is 7.60. The van der Waals surface area contributed by atoms with Crippen LogP contribution < -0.4 is 20.1 Å². The number of benzene rings is 4. The van der Waals surface area contributed by atoms with E-state index in [1.807, 2.05) is 66.7 Å². The number of amides is 2. The lowest BCUT2D eigenvalue weighted by Crippen LogP contribution is -2.42. The number of rotatable bonds is 11. The van der Waals surface area contributed by atoms with Crippen molar-refractivity contribution >= 4 is 23.6 Å².